The van der Waals surface area contributed by atoms with E-state index in [4.69, 9.17) is 4.74 Å². The summed E-state index contributed by atoms with van der Waals surface area (Å²) in [6.45, 7) is 2.03. The Morgan fingerprint density at radius 2 is 1.91 bits per heavy atom. The molecule has 1 atom stereocenters. The van der Waals surface area contributed by atoms with Gasteiger partial charge in [-0.3, -0.25) is 19.3 Å². The highest BCUT2D eigenvalue weighted by molar-refractivity contribution is 7.14. The van der Waals surface area contributed by atoms with Crippen molar-refractivity contribution in [2.24, 2.45) is 0 Å². The number of likely N-dealkylation sites (tertiary alicyclic amines) is 1. The molecule has 4 heterocycles. The minimum atomic E-state index is -0.804. The number of ether oxygens (including phenoxy) is 1. The second kappa shape index (κ2) is 10.1. The Morgan fingerprint density at radius 3 is 2.68 bits per heavy atom. The summed E-state index contributed by atoms with van der Waals surface area (Å²) in [6, 6.07) is 10.8. The Hall–Kier alpha value is -3.04. The number of thiazole rings is 1. The zero-order valence-electron chi connectivity index (χ0n) is 18.6. The van der Waals surface area contributed by atoms with Crippen molar-refractivity contribution in [1.29, 1.82) is 0 Å². The zero-order valence-corrected chi connectivity index (χ0v) is 20.3. The van der Waals surface area contributed by atoms with Gasteiger partial charge in [-0.15, -0.1) is 22.7 Å². The lowest BCUT2D eigenvalue weighted by Gasteiger charge is -2.27. The van der Waals surface area contributed by atoms with Gasteiger partial charge in [0.15, 0.2) is 5.13 Å². The number of fused-ring (bicyclic) bond motifs is 1. The Kier molecular flexibility index (Phi) is 6.73. The molecule has 1 unspecified atom stereocenters. The number of Topliss-reactive ketones (excluding diaryl/α,β-unsaturated/α-hetero) is 1. The summed E-state index contributed by atoms with van der Waals surface area (Å²) in [6.07, 6.45) is 3.43. The van der Waals surface area contributed by atoms with Crippen molar-refractivity contribution in [1.82, 2.24) is 9.88 Å². The lowest BCUT2D eigenvalue weighted by atomic mass is 10.1. The maximum Gasteiger partial charge on any atom is 0.270 e. The molecule has 2 aliphatic rings. The number of ketones is 1. The van der Waals surface area contributed by atoms with Crippen LogP contribution in [0.2, 0.25) is 0 Å². The van der Waals surface area contributed by atoms with E-state index < -0.39 is 6.10 Å². The van der Waals surface area contributed by atoms with Crippen molar-refractivity contribution in [3.05, 3.63) is 63.3 Å². The number of hydrogen-bond acceptors (Lipinski definition) is 7. The van der Waals surface area contributed by atoms with Gasteiger partial charge in [-0.25, -0.2) is 4.98 Å². The minimum absolute atomic E-state index is 0.129. The minimum Gasteiger partial charge on any atom is -0.475 e. The van der Waals surface area contributed by atoms with E-state index in [2.05, 4.69) is 4.98 Å². The number of para-hydroxylation sites is 1. The third-order valence-electron chi connectivity index (χ3n) is 6.10. The van der Waals surface area contributed by atoms with Gasteiger partial charge < -0.3 is 9.64 Å². The molecule has 0 saturated carbocycles. The highest BCUT2D eigenvalue weighted by Gasteiger charge is 2.35. The van der Waals surface area contributed by atoms with Crippen LogP contribution in [-0.2, 0) is 4.79 Å². The topological polar surface area (TPSA) is 79.8 Å². The molecule has 176 valence electrons. The standard InChI is InChI=1S/C25H25N3O4S2/c29-21(27-12-4-1-5-13-27)11-6-14-28(24(31)20-10-7-15-33-20)25-26-18(16-34-25)23-22(30)17-8-2-3-9-19(17)32-23/h2-3,7-10,15-16,23H,1,4-6,11-14H2. The molecular weight excluding hydrogens is 470 g/mol. The Morgan fingerprint density at radius 1 is 1.09 bits per heavy atom. The lowest BCUT2D eigenvalue weighted by molar-refractivity contribution is -0.132. The number of amides is 2. The molecule has 0 radical (unpaired) electrons. The zero-order chi connectivity index (χ0) is 23.5. The number of hydrogen-bond donors (Lipinski definition) is 0. The van der Waals surface area contributed by atoms with Gasteiger partial charge >= 0.3 is 0 Å². The van der Waals surface area contributed by atoms with Gasteiger partial charge in [0.1, 0.15) is 11.4 Å². The van der Waals surface area contributed by atoms with Crippen molar-refractivity contribution in [2.75, 3.05) is 24.5 Å². The normalized spacial score (nSPS) is 17.4. The molecule has 3 aromatic rings. The van der Waals surface area contributed by atoms with E-state index in [0.717, 1.165) is 25.9 Å². The van der Waals surface area contributed by atoms with Gasteiger partial charge in [0.05, 0.1) is 10.4 Å². The van der Waals surface area contributed by atoms with E-state index in [9.17, 15) is 14.4 Å². The van der Waals surface area contributed by atoms with Crippen LogP contribution in [-0.4, -0.2) is 47.1 Å². The number of aromatic nitrogens is 1. The first-order chi connectivity index (χ1) is 16.6. The second-order valence-corrected chi connectivity index (χ2v) is 10.2. The van der Waals surface area contributed by atoms with Crippen LogP contribution < -0.4 is 9.64 Å². The molecular formula is C25H25N3O4S2. The van der Waals surface area contributed by atoms with Crippen LogP contribution in [0.5, 0.6) is 5.75 Å². The van der Waals surface area contributed by atoms with Crippen molar-refractivity contribution >= 4 is 45.4 Å². The number of thiophene rings is 1. The quantitative estimate of drug-likeness (QED) is 0.463. The third kappa shape index (κ3) is 4.63. The van der Waals surface area contributed by atoms with Crippen molar-refractivity contribution in [2.45, 2.75) is 38.2 Å². The fraction of sp³-hybridized carbons (Fsp3) is 0.360. The van der Waals surface area contributed by atoms with Crippen molar-refractivity contribution < 1.29 is 19.1 Å². The second-order valence-electron chi connectivity index (χ2n) is 8.39. The highest BCUT2D eigenvalue weighted by atomic mass is 32.1. The maximum atomic E-state index is 13.3. The Labute approximate surface area is 206 Å². The van der Waals surface area contributed by atoms with Gasteiger partial charge in [0, 0.05) is 31.4 Å². The van der Waals surface area contributed by atoms with E-state index in [1.807, 2.05) is 28.5 Å². The fourth-order valence-electron chi connectivity index (χ4n) is 4.32. The third-order valence-corrected chi connectivity index (χ3v) is 7.84. The van der Waals surface area contributed by atoms with Crippen LogP contribution in [0.3, 0.4) is 0 Å². The first-order valence-corrected chi connectivity index (χ1v) is 13.3. The van der Waals surface area contributed by atoms with Gasteiger partial charge in [-0.1, -0.05) is 18.2 Å². The smallest absolute Gasteiger partial charge is 0.270 e. The van der Waals surface area contributed by atoms with E-state index in [1.165, 1.54) is 29.1 Å². The molecule has 2 aliphatic heterocycles. The molecule has 0 aliphatic carbocycles. The molecule has 7 nitrogen and oxygen atoms in total. The molecule has 1 fully saturated rings. The van der Waals surface area contributed by atoms with Crippen LogP contribution in [0.4, 0.5) is 5.13 Å². The van der Waals surface area contributed by atoms with Crippen LogP contribution in [0.15, 0.2) is 47.2 Å². The summed E-state index contributed by atoms with van der Waals surface area (Å²) in [5, 5.41) is 4.14. The summed E-state index contributed by atoms with van der Waals surface area (Å²) in [4.78, 5) is 47.5. The molecule has 0 bridgehead atoms. The lowest BCUT2D eigenvalue weighted by Crippen LogP contribution is -2.36. The number of carbonyl (C=O) groups is 3. The monoisotopic (exact) mass is 495 g/mol. The summed E-state index contributed by atoms with van der Waals surface area (Å²) >= 11 is 2.68. The first kappa shape index (κ1) is 22.7. The summed E-state index contributed by atoms with van der Waals surface area (Å²) < 4.78 is 5.85. The highest BCUT2D eigenvalue weighted by Crippen LogP contribution is 2.38. The largest absolute Gasteiger partial charge is 0.475 e. The summed E-state index contributed by atoms with van der Waals surface area (Å²) in [5.41, 5.74) is 1.04. The molecule has 2 aromatic heterocycles. The average Bonchev–Trinajstić information content (AvgIpc) is 3.63. The van der Waals surface area contributed by atoms with Gasteiger partial charge in [-0.05, 0) is 49.3 Å². The predicted octanol–water partition coefficient (Wildman–Crippen LogP) is 4.96. The summed E-state index contributed by atoms with van der Waals surface area (Å²) in [5.74, 6) is 0.416. The molecule has 34 heavy (non-hydrogen) atoms. The van der Waals surface area contributed by atoms with E-state index >= 15 is 0 Å². The van der Waals surface area contributed by atoms with Gasteiger partial charge in [0.25, 0.3) is 5.91 Å². The SMILES string of the molecule is O=C1c2ccccc2OC1c1csc(N(CCCC(=O)N2CCCCC2)C(=O)c2cccs2)n1. The Bertz CT molecular complexity index is 1180. The van der Waals surface area contributed by atoms with Gasteiger partial charge in [-0.2, -0.15) is 0 Å². The molecule has 1 aromatic carbocycles. The van der Waals surface area contributed by atoms with Crippen LogP contribution in [0, 0.1) is 0 Å². The van der Waals surface area contributed by atoms with E-state index in [-0.39, 0.29) is 17.6 Å². The number of anilines is 1. The molecule has 0 N–H and O–H groups in total. The van der Waals surface area contributed by atoms with E-state index in [0.29, 0.717) is 46.4 Å². The van der Waals surface area contributed by atoms with Crippen molar-refractivity contribution in [3.8, 4) is 5.75 Å². The summed E-state index contributed by atoms with van der Waals surface area (Å²) in [7, 11) is 0. The van der Waals surface area contributed by atoms with Crippen LogP contribution >= 0.6 is 22.7 Å². The number of benzene rings is 1. The Balaban J connectivity index is 1.31. The van der Waals surface area contributed by atoms with Crippen molar-refractivity contribution in [3.63, 3.8) is 0 Å². The maximum absolute atomic E-state index is 13.3. The molecule has 0 spiro atoms. The van der Waals surface area contributed by atoms with Crippen LogP contribution in [0.1, 0.15) is 63.9 Å². The number of carbonyl (C=O) groups excluding carboxylic acids is 3. The van der Waals surface area contributed by atoms with Gasteiger partial charge in [0.2, 0.25) is 17.8 Å². The molecule has 1 saturated heterocycles. The predicted molar refractivity (Wildman–Crippen MR) is 132 cm³/mol. The number of nitrogens with zero attached hydrogens (tertiary/aromatic N) is 3. The number of piperidine rings is 1. The van der Waals surface area contributed by atoms with E-state index in [1.54, 1.807) is 28.5 Å². The molecule has 2 amide bonds. The van der Waals surface area contributed by atoms with Crippen LogP contribution in [0.25, 0.3) is 0 Å². The first-order valence-electron chi connectivity index (χ1n) is 11.5. The molecule has 5 rings (SSSR count). The average molecular weight is 496 g/mol. The fourth-order valence-corrected chi connectivity index (χ4v) is 5.85. The number of rotatable bonds is 7. The molecule has 9 heteroatoms.